The Balaban J connectivity index is 1.40. The molecule has 0 spiro atoms. The van der Waals surface area contributed by atoms with E-state index in [1.807, 2.05) is 57.3 Å². The van der Waals surface area contributed by atoms with Crippen LogP contribution in [0.3, 0.4) is 0 Å². The molecular weight excluding hydrogens is 464 g/mol. The van der Waals surface area contributed by atoms with E-state index >= 15 is 0 Å². The highest BCUT2D eigenvalue weighted by Gasteiger charge is 2.21. The number of hydrogen-bond acceptors (Lipinski definition) is 6. The first-order valence-corrected chi connectivity index (χ1v) is 11.9. The number of amides is 1. The van der Waals surface area contributed by atoms with E-state index in [1.165, 1.54) is 0 Å². The molecule has 0 unspecified atom stereocenters. The van der Waals surface area contributed by atoms with Crippen LogP contribution in [0, 0.1) is 5.41 Å². The van der Waals surface area contributed by atoms with Crippen LogP contribution in [0.2, 0.25) is 0 Å². The molecule has 9 heteroatoms. The Labute approximate surface area is 212 Å². The fraction of sp³-hybridized carbons (Fsp3) is 0.143. The number of H-pyrrole nitrogens is 2. The smallest absolute Gasteiger partial charge is 0.229 e. The van der Waals surface area contributed by atoms with Crippen LogP contribution in [-0.4, -0.2) is 41.0 Å². The van der Waals surface area contributed by atoms with Gasteiger partial charge < -0.3 is 10.3 Å². The summed E-state index contributed by atoms with van der Waals surface area (Å²) in [5, 5.41) is 12.5. The third-order valence-corrected chi connectivity index (χ3v) is 6.16. The third kappa shape index (κ3) is 4.20. The lowest BCUT2D eigenvalue weighted by Crippen LogP contribution is -2.27. The molecule has 0 atom stereocenters. The highest BCUT2D eigenvalue weighted by molar-refractivity contribution is 6.01. The highest BCUT2D eigenvalue weighted by atomic mass is 16.2. The van der Waals surface area contributed by atoms with Gasteiger partial charge in [-0.15, -0.1) is 0 Å². The monoisotopic (exact) mass is 488 g/mol. The first kappa shape index (κ1) is 22.5. The van der Waals surface area contributed by atoms with E-state index in [1.54, 1.807) is 31.0 Å². The van der Waals surface area contributed by atoms with Gasteiger partial charge in [-0.1, -0.05) is 26.8 Å². The first-order chi connectivity index (χ1) is 17.9. The van der Waals surface area contributed by atoms with Crippen LogP contribution >= 0.6 is 0 Å². The van der Waals surface area contributed by atoms with Gasteiger partial charge in [-0.05, 0) is 30.3 Å². The van der Waals surface area contributed by atoms with Gasteiger partial charge >= 0.3 is 0 Å². The summed E-state index contributed by atoms with van der Waals surface area (Å²) in [6, 6.07) is 11.7. The minimum Gasteiger partial charge on any atom is -0.352 e. The van der Waals surface area contributed by atoms with E-state index in [2.05, 4.69) is 46.5 Å². The second-order valence-electron chi connectivity index (χ2n) is 9.90. The zero-order valence-electron chi connectivity index (χ0n) is 20.6. The van der Waals surface area contributed by atoms with Crippen LogP contribution in [0.1, 0.15) is 20.8 Å². The summed E-state index contributed by atoms with van der Waals surface area (Å²) in [4.78, 5) is 33.7. The van der Waals surface area contributed by atoms with Gasteiger partial charge in [0.15, 0.2) is 0 Å². The molecule has 3 N–H and O–H groups in total. The van der Waals surface area contributed by atoms with Crippen LogP contribution in [0.25, 0.3) is 55.7 Å². The Morgan fingerprint density at radius 1 is 0.865 bits per heavy atom. The number of fused-ring (bicyclic) bond motifs is 2. The lowest BCUT2D eigenvalue weighted by Gasteiger charge is -2.17. The van der Waals surface area contributed by atoms with E-state index in [0.717, 1.165) is 55.7 Å². The molecule has 0 saturated carbocycles. The molecule has 0 fully saturated rings. The third-order valence-electron chi connectivity index (χ3n) is 6.16. The largest absolute Gasteiger partial charge is 0.352 e. The molecule has 6 rings (SSSR count). The number of rotatable bonds is 4. The van der Waals surface area contributed by atoms with Gasteiger partial charge in [0.05, 0.1) is 52.4 Å². The van der Waals surface area contributed by atoms with Crippen LogP contribution in [-0.2, 0) is 4.79 Å². The van der Waals surface area contributed by atoms with Gasteiger partial charge in [0, 0.05) is 45.9 Å². The first-order valence-electron chi connectivity index (χ1n) is 11.9. The number of hydrogen-bond donors (Lipinski definition) is 3. The second kappa shape index (κ2) is 8.63. The van der Waals surface area contributed by atoms with Crippen LogP contribution in [0.4, 0.5) is 5.69 Å². The molecule has 9 nitrogen and oxygen atoms in total. The maximum atomic E-state index is 12.4. The number of aromatic amines is 2. The molecule has 0 aliphatic carbocycles. The Morgan fingerprint density at radius 2 is 1.73 bits per heavy atom. The molecule has 0 saturated heterocycles. The van der Waals surface area contributed by atoms with Crippen molar-refractivity contribution in [3.8, 4) is 33.9 Å². The zero-order chi connectivity index (χ0) is 25.6. The van der Waals surface area contributed by atoms with E-state index in [0.29, 0.717) is 5.69 Å². The lowest BCUT2D eigenvalue weighted by molar-refractivity contribution is -0.123. The van der Waals surface area contributed by atoms with Crippen molar-refractivity contribution in [3.05, 3.63) is 73.6 Å². The van der Waals surface area contributed by atoms with Gasteiger partial charge in [0.25, 0.3) is 0 Å². The standard InChI is InChI=1S/C28H24N8O/c1-28(2,3)27(37)33-17-8-16(11-29-12-17)22-10-19-25(15-32-22)35-36-26(19)23-9-18-20(13-30-14-24(18)34-23)21-6-4-5-7-31-21/h4-15,34H,1-3H3,(H,33,37)(H,35,36). The second-order valence-corrected chi connectivity index (χ2v) is 9.90. The van der Waals surface area contributed by atoms with Crippen molar-refractivity contribution in [1.29, 1.82) is 0 Å². The van der Waals surface area contributed by atoms with Crippen molar-refractivity contribution >= 4 is 33.4 Å². The quantitative estimate of drug-likeness (QED) is 0.296. The van der Waals surface area contributed by atoms with Crippen molar-refractivity contribution in [1.82, 2.24) is 35.1 Å². The minimum absolute atomic E-state index is 0.0784. The summed E-state index contributed by atoms with van der Waals surface area (Å²) in [7, 11) is 0. The van der Waals surface area contributed by atoms with Crippen LogP contribution in [0.15, 0.2) is 73.6 Å². The van der Waals surface area contributed by atoms with Crippen molar-refractivity contribution in [2.24, 2.45) is 5.41 Å². The average molecular weight is 489 g/mol. The van der Waals surface area contributed by atoms with Crippen molar-refractivity contribution in [3.63, 3.8) is 0 Å². The molecule has 0 radical (unpaired) electrons. The Kier molecular flexibility index (Phi) is 5.26. The lowest BCUT2D eigenvalue weighted by atomic mass is 9.95. The number of nitrogens with zero attached hydrogens (tertiary/aromatic N) is 5. The molecule has 0 aliphatic heterocycles. The number of nitrogens with one attached hydrogen (secondary N) is 3. The molecule has 0 bridgehead atoms. The maximum Gasteiger partial charge on any atom is 0.229 e. The molecule has 6 aromatic heterocycles. The van der Waals surface area contributed by atoms with E-state index in [9.17, 15) is 4.79 Å². The molecule has 182 valence electrons. The Hall–Kier alpha value is -4.92. The molecule has 6 heterocycles. The summed E-state index contributed by atoms with van der Waals surface area (Å²) in [5.74, 6) is -0.0784. The fourth-order valence-electron chi connectivity index (χ4n) is 4.15. The Morgan fingerprint density at radius 3 is 2.54 bits per heavy atom. The van der Waals surface area contributed by atoms with E-state index in [-0.39, 0.29) is 5.91 Å². The zero-order valence-corrected chi connectivity index (χ0v) is 20.6. The molecule has 6 aromatic rings. The Bertz CT molecular complexity index is 1760. The molecule has 1 amide bonds. The molecule has 37 heavy (non-hydrogen) atoms. The predicted molar refractivity (Wildman–Crippen MR) is 144 cm³/mol. The summed E-state index contributed by atoms with van der Waals surface area (Å²) in [6.07, 6.45) is 10.5. The topological polar surface area (TPSA) is 125 Å². The number of anilines is 1. The van der Waals surface area contributed by atoms with Crippen LogP contribution < -0.4 is 5.32 Å². The summed E-state index contributed by atoms with van der Waals surface area (Å²) >= 11 is 0. The van der Waals surface area contributed by atoms with Gasteiger partial charge in [-0.2, -0.15) is 5.10 Å². The number of pyridine rings is 4. The van der Waals surface area contributed by atoms with Crippen LogP contribution in [0.5, 0.6) is 0 Å². The maximum absolute atomic E-state index is 12.4. The summed E-state index contributed by atoms with van der Waals surface area (Å²) in [5.41, 5.74) is 6.76. The number of carbonyl (C=O) groups is 1. The van der Waals surface area contributed by atoms with Crippen molar-refractivity contribution in [2.45, 2.75) is 20.8 Å². The number of aromatic nitrogens is 7. The highest BCUT2D eigenvalue weighted by Crippen LogP contribution is 2.34. The summed E-state index contributed by atoms with van der Waals surface area (Å²) < 4.78 is 0. The number of carbonyl (C=O) groups excluding carboxylic acids is 1. The van der Waals surface area contributed by atoms with Gasteiger partial charge in [-0.3, -0.25) is 29.8 Å². The van der Waals surface area contributed by atoms with E-state index in [4.69, 9.17) is 0 Å². The van der Waals surface area contributed by atoms with Crippen molar-refractivity contribution in [2.75, 3.05) is 5.32 Å². The minimum atomic E-state index is -0.510. The SMILES string of the molecule is CC(C)(C)C(=O)Nc1cncc(-c2cc3c(-c4cc5c(-c6ccccn6)cncc5[nH]4)n[nH]c3cn2)c1. The fourth-order valence-corrected chi connectivity index (χ4v) is 4.15. The van der Waals surface area contributed by atoms with E-state index < -0.39 is 5.41 Å². The molecular formula is C28H24N8O. The normalized spacial score (nSPS) is 11.8. The van der Waals surface area contributed by atoms with Gasteiger partial charge in [-0.25, -0.2) is 0 Å². The molecule has 0 aliphatic rings. The predicted octanol–water partition coefficient (Wildman–Crippen LogP) is 5.61. The molecule has 0 aromatic carbocycles. The van der Waals surface area contributed by atoms with Crippen molar-refractivity contribution < 1.29 is 4.79 Å². The van der Waals surface area contributed by atoms with Gasteiger partial charge in [0.2, 0.25) is 5.91 Å². The average Bonchev–Trinajstić information content (AvgIpc) is 3.52. The summed E-state index contributed by atoms with van der Waals surface area (Å²) in [6.45, 7) is 5.61. The van der Waals surface area contributed by atoms with Gasteiger partial charge in [0.1, 0.15) is 5.69 Å².